The first-order valence-corrected chi connectivity index (χ1v) is 15.4. The van der Waals surface area contributed by atoms with Gasteiger partial charge < -0.3 is 19.2 Å². The predicted octanol–water partition coefficient (Wildman–Crippen LogP) is 6.05. The van der Waals surface area contributed by atoms with E-state index in [-0.39, 0.29) is 29.1 Å². The number of nitrogens with one attached hydrogen (secondary N) is 1. The third-order valence-electron chi connectivity index (χ3n) is 8.19. The van der Waals surface area contributed by atoms with Gasteiger partial charge in [0.05, 0.1) is 14.2 Å². The van der Waals surface area contributed by atoms with Crippen molar-refractivity contribution in [1.82, 2.24) is 9.55 Å². The third-order valence-corrected chi connectivity index (χ3v) is 8.19. The molecule has 2 unspecified atom stereocenters. The molecule has 6 rings (SSSR count). The highest BCUT2D eigenvalue weighted by molar-refractivity contribution is 6.06. The molecule has 0 radical (unpaired) electrons. The van der Waals surface area contributed by atoms with E-state index >= 15 is 0 Å². The summed E-state index contributed by atoms with van der Waals surface area (Å²) in [6, 6.07) is 22.7. The lowest BCUT2D eigenvalue weighted by atomic mass is 9.96. The molecule has 244 valence electrons. The zero-order chi connectivity index (χ0) is 33.9. The van der Waals surface area contributed by atoms with E-state index < -0.39 is 23.6 Å². The molecule has 2 aliphatic rings. The monoisotopic (exact) mass is 638 g/mol. The largest absolute Gasteiger partial charge is 0.464 e. The number of aromatic amines is 1. The Kier molecular flexibility index (Phi) is 9.60. The number of aromatic nitrogens is 2. The highest BCUT2D eigenvalue weighted by atomic mass is 16.6. The Balaban J connectivity index is 0.000000193. The molecule has 2 aromatic heterocycles. The van der Waals surface area contributed by atoms with Crippen LogP contribution in [0, 0.1) is 11.8 Å². The number of nitrogens with zero attached hydrogens (tertiary/aromatic N) is 1. The van der Waals surface area contributed by atoms with Crippen molar-refractivity contribution in [1.29, 1.82) is 0 Å². The van der Waals surface area contributed by atoms with Crippen LogP contribution in [0.4, 0.5) is 4.79 Å². The van der Waals surface area contributed by atoms with Gasteiger partial charge in [-0.15, -0.1) is 0 Å². The van der Waals surface area contributed by atoms with E-state index in [2.05, 4.69) is 9.72 Å². The predicted molar refractivity (Wildman–Crippen MR) is 173 cm³/mol. The fraction of sp³-hybridized carbons (Fsp3) is 0.324. The van der Waals surface area contributed by atoms with Crippen LogP contribution in [-0.2, 0) is 39.9 Å². The number of hydrogen-bond donors (Lipinski definition) is 1. The molecule has 2 atom stereocenters. The highest BCUT2D eigenvalue weighted by Gasteiger charge is 2.39. The van der Waals surface area contributed by atoms with Crippen LogP contribution in [0.1, 0.15) is 85.0 Å². The molecular weight excluding hydrogens is 600 g/mol. The van der Waals surface area contributed by atoms with Crippen LogP contribution in [0.3, 0.4) is 0 Å². The van der Waals surface area contributed by atoms with Gasteiger partial charge in [0.15, 0.2) is 11.6 Å². The van der Waals surface area contributed by atoms with Crippen molar-refractivity contribution >= 4 is 29.6 Å². The molecule has 0 amide bonds. The number of H-pyrrole nitrogens is 1. The molecule has 0 saturated heterocycles. The lowest BCUT2D eigenvalue weighted by Gasteiger charge is -2.21. The maximum Gasteiger partial charge on any atom is 0.419 e. The number of rotatable bonds is 6. The van der Waals surface area contributed by atoms with Gasteiger partial charge >= 0.3 is 18.0 Å². The topological polar surface area (TPSA) is 134 Å². The van der Waals surface area contributed by atoms with Gasteiger partial charge in [0, 0.05) is 34.4 Å². The number of carbonyl (C=O) groups is 5. The number of fused-ring (bicyclic) bond motifs is 2. The van der Waals surface area contributed by atoms with E-state index in [4.69, 9.17) is 9.47 Å². The number of carbonyl (C=O) groups excluding carboxylic acids is 5. The van der Waals surface area contributed by atoms with Crippen LogP contribution < -0.4 is 0 Å². The molecule has 10 heteroatoms. The van der Waals surface area contributed by atoms with Gasteiger partial charge in [0.1, 0.15) is 17.0 Å². The smallest absolute Gasteiger partial charge is 0.419 e. The molecule has 0 bridgehead atoms. The number of esters is 2. The second-order valence-electron chi connectivity index (χ2n) is 12.7. The summed E-state index contributed by atoms with van der Waals surface area (Å²) in [7, 11) is 2.56. The van der Waals surface area contributed by atoms with Gasteiger partial charge in [-0.05, 0) is 69.7 Å². The van der Waals surface area contributed by atoms with Crippen molar-refractivity contribution in [2.75, 3.05) is 14.2 Å². The molecule has 0 aliphatic heterocycles. The van der Waals surface area contributed by atoms with Gasteiger partial charge in [-0.3, -0.25) is 9.59 Å². The van der Waals surface area contributed by atoms with Crippen molar-refractivity contribution in [2.24, 2.45) is 11.8 Å². The Labute approximate surface area is 273 Å². The van der Waals surface area contributed by atoms with Gasteiger partial charge in [-0.2, -0.15) is 0 Å². The van der Waals surface area contributed by atoms with Gasteiger partial charge in [-0.25, -0.2) is 19.0 Å². The Hall–Kier alpha value is -5.25. The number of benzene rings is 2. The molecule has 0 fully saturated rings. The SMILES string of the molecule is COC(=O)c1cc2c([nH]1)CC(Cc1ccccc1)C2=O.COC(=O)c1cc2c(n1C(=O)OC(C)(C)C)CC(Cc1ccccc1)C2=O. The van der Waals surface area contributed by atoms with Crippen molar-refractivity contribution in [3.05, 3.63) is 118 Å². The van der Waals surface area contributed by atoms with Crippen LogP contribution in [0.15, 0.2) is 72.8 Å². The Bertz CT molecular complexity index is 1810. The number of methoxy groups -OCH3 is 2. The van der Waals surface area contributed by atoms with Gasteiger partial charge in [0.2, 0.25) is 0 Å². The van der Waals surface area contributed by atoms with Crippen molar-refractivity contribution < 1.29 is 38.2 Å². The maximum atomic E-state index is 12.9. The summed E-state index contributed by atoms with van der Waals surface area (Å²) in [4.78, 5) is 64.5. The van der Waals surface area contributed by atoms with E-state index in [1.165, 1.54) is 24.9 Å². The van der Waals surface area contributed by atoms with E-state index in [1.54, 1.807) is 26.8 Å². The first-order chi connectivity index (χ1) is 22.4. The van der Waals surface area contributed by atoms with Gasteiger partial charge in [-0.1, -0.05) is 60.7 Å². The standard InChI is InChI=1S/C21H23NO5.C16H15NO3/c1-21(2,3)27-20(25)22-16-11-14(10-13-8-6-5-7-9-13)18(23)15(16)12-17(22)19(24)26-4;1-20-16(19)14-9-12-13(17-14)8-11(15(12)18)7-10-5-3-2-4-6-10/h5-9,12,14H,10-11H2,1-4H3;2-6,9,11,17H,7-8H2,1H3. The Morgan fingerprint density at radius 1 is 0.766 bits per heavy atom. The van der Waals surface area contributed by atoms with Crippen molar-refractivity contribution in [3.8, 4) is 0 Å². The molecule has 10 nitrogen and oxygen atoms in total. The first-order valence-electron chi connectivity index (χ1n) is 15.4. The van der Waals surface area contributed by atoms with Crippen molar-refractivity contribution in [2.45, 2.75) is 52.1 Å². The molecule has 0 spiro atoms. The normalized spacial score (nSPS) is 16.5. The summed E-state index contributed by atoms with van der Waals surface area (Å²) in [5.74, 6) is -1.38. The third kappa shape index (κ3) is 7.27. The van der Waals surface area contributed by atoms with Crippen LogP contribution in [-0.4, -0.2) is 59.0 Å². The maximum absolute atomic E-state index is 12.9. The Morgan fingerprint density at radius 3 is 1.81 bits per heavy atom. The summed E-state index contributed by atoms with van der Waals surface area (Å²) in [5.41, 5.74) is 4.23. The molecule has 47 heavy (non-hydrogen) atoms. The molecule has 1 N–H and O–H groups in total. The summed E-state index contributed by atoms with van der Waals surface area (Å²) in [6.07, 6.45) is 1.66. The van der Waals surface area contributed by atoms with E-state index in [0.717, 1.165) is 23.2 Å². The molecule has 4 aromatic rings. The van der Waals surface area contributed by atoms with E-state index in [1.807, 2.05) is 60.7 Å². The zero-order valence-electron chi connectivity index (χ0n) is 27.1. The molecule has 2 heterocycles. The summed E-state index contributed by atoms with van der Waals surface area (Å²) in [6.45, 7) is 5.24. The summed E-state index contributed by atoms with van der Waals surface area (Å²) >= 11 is 0. The number of hydrogen-bond acceptors (Lipinski definition) is 8. The minimum absolute atomic E-state index is 0.0169. The fourth-order valence-corrected chi connectivity index (χ4v) is 6.07. The summed E-state index contributed by atoms with van der Waals surface area (Å²) in [5, 5.41) is 0. The number of ether oxygens (including phenoxy) is 3. The van der Waals surface area contributed by atoms with Crippen LogP contribution in [0.25, 0.3) is 0 Å². The van der Waals surface area contributed by atoms with Gasteiger partial charge in [0.25, 0.3) is 0 Å². The molecular formula is C37H38N2O8. The number of Topliss-reactive ketones (excluding diaryl/α,β-unsaturated/α-hetero) is 2. The van der Waals surface area contributed by atoms with Crippen LogP contribution in [0.5, 0.6) is 0 Å². The van der Waals surface area contributed by atoms with E-state index in [0.29, 0.717) is 41.8 Å². The Morgan fingerprint density at radius 2 is 1.30 bits per heavy atom. The van der Waals surface area contributed by atoms with Crippen molar-refractivity contribution in [3.63, 3.8) is 0 Å². The first kappa shape index (κ1) is 33.1. The lowest BCUT2D eigenvalue weighted by molar-refractivity contribution is 0.0479. The second kappa shape index (κ2) is 13.6. The zero-order valence-corrected chi connectivity index (χ0v) is 27.1. The molecule has 2 aliphatic carbocycles. The minimum atomic E-state index is -0.728. The fourth-order valence-electron chi connectivity index (χ4n) is 6.07. The average molecular weight is 639 g/mol. The highest BCUT2D eigenvalue weighted by Crippen LogP contribution is 2.33. The lowest BCUT2D eigenvalue weighted by Crippen LogP contribution is -2.30. The second-order valence-corrected chi connectivity index (χ2v) is 12.7. The quantitative estimate of drug-likeness (QED) is 0.199. The molecule has 0 saturated carbocycles. The average Bonchev–Trinajstić information content (AvgIpc) is 3.78. The van der Waals surface area contributed by atoms with E-state index in [9.17, 15) is 24.0 Å². The summed E-state index contributed by atoms with van der Waals surface area (Å²) < 4.78 is 16.0. The number of ketones is 2. The van der Waals surface area contributed by atoms with Crippen LogP contribution >= 0.6 is 0 Å². The molecule has 2 aromatic carbocycles. The minimum Gasteiger partial charge on any atom is -0.464 e. The van der Waals surface area contributed by atoms with Crippen LogP contribution in [0.2, 0.25) is 0 Å².